The van der Waals surface area contributed by atoms with E-state index in [9.17, 15) is 18.4 Å². The van der Waals surface area contributed by atoms with E-state index in [1.165, 1.54) is 7.11 Å². The summed E-state index contributed by atoms with van der Waals surface area (Å²) in [5.74, 6) is -2.20. The lowest BCUT2D eigenvalue weighted by atomic mass is 10.3. The zero-order valence-corrected chi connectivity index (χ0v) is 12.0. The van der Waals surface area contributed by atoms with Crippen molar-refractivity contribution in [1.82, 2.24) is 4.90 Å². The van der Waals surface area contributed by atoms with E-state index < -0.39 is 11.6 Å². The molecule has 1 amide bonds. The molecule has 0 aliphatic heterocycles. The molecule has 0 unspecified atom stereocenters. The molecule has 0 atom stereocenters. The maximum absolute atomic E-state index is 13.0. The Morgan fingerprint density at radius 1 is 1.24 bits per heavy atom. The third-order valence-corrected chi connectivity index (χ3v) is 2.71. The molecule has 0 radical (unpaired) electrons. The van der Waals surface area contributed by atoms with Crippen LogP contribution in [0.3, 0.4) is 0 Å². The molecule has 0 saturated carbocycles. The number of nitrogens with one attached hydrogen (secondary N) is 1. The number of anilines is 1. The van der Waals surface area contributed by atoms with Gasteiger partial charge in [0.05, 0.1) is 13.7 Å². The largest absolute Gasteiger partial charge is 0.469 e. The van der Waals surface area contributed by atoms with Gasteiger partial charge in [-0.25, -0.2) is 8.78 Å². The Hall–Kier alpha value is -2.02. The topological polar surface area (TPSA) is 58.6 Å². The number of halogens is 2. The van der Waals surface area contributed by atoms with Crippen LogP contribution in [0.4, 0.5) is 14.5 Å². The second-order valence-corrected chi connectivity index (χ2v) is 4.62. The van der Waals surface area contributed by atoms with Gasteiger partial charge < -0.3 is 10.1 Å². The van der Waals surface area contributed by atoms with E-state index in [0.29, 0.717) is 13.0 Å². The minimum atomic E-state index is -0.753. The second kappa shape index (κ2) is 8.31. The summed E-state index contributed by atoms with van der Waals surface area (Å²) in [5.41, 5.74) is 0.0699. The van der Waals surface area contributed by atoms with Crippen LogP contribution in [0.5, 0.6) is 0 Å². The summed E-state index contributed by atoms with van der Waals surface area (Å²) in [6, 6.07) is 2.81. The average Bonchev–Trinajstić information content (AvgIpc) is 2.36. The summed E-state index contributed by atoms with van der Waals surface area (Å²) in [4.78, 5) is 24.3. The van der Waals surface area contributed by atoms with Crippen LogP contribution in [0.25, 0.3) is 0 Å². The highest BCUT2D eigenvalue weighted by Gasteiger charge is 2.09. The van der Waals surface area contributed by atoms with E-state index in [2.05, 4.69) is 10.1 Å². The molecular formula is C14H18F2N2O3. The Kier molecular flexibility index (Phi) is 6.74. The lowest BCUT2D eigenvalue weighted by Gasteiger charge is -2.15. The zero-order chi connectivity index (χ0) is 15.8. The Bertz CT molecular complexity index is 489. The molecule has 5 nitrogen and oxygen atoms in total. The quantitative estimate of drug-likeness (QED) is 0.780. The third-order valence-electron chi connectivity index (χ3n) is 2.71. The molecule has 1 N–H and O–H groups in total. The Balaban J connectivity index is 2.37. The van der Waals surface area contributed by atoms with Crippen LogP contribution in [-0.2, 0) is 14.3 Å². The molecule has 0 aromatic heterocycles. The summed E-state index contributed by atoms with van der Waals surface area (Å²) >= 11 is 0. The molecular weight excluding hydrogens is 282 g/mol. The Labute approximate surface area is 121 Å². The zero-order valence-electron chi connectivity index (χ0n) is 12.0. The van der Waals surface area contributed by atoms with Gasteiger partial charge in [0.1, 0.15) is 11.6 Å². The van der Waals surface area contributed by atoms with E-state index in [1.807, 2.05) is 0 Å². The van der Waals surface area contributed by atoms with Crippen LogP contribution in [-0.4, -0.2) is 44.0 Å². The van der Waals surface area contributed by atoms with Crippen LogP contribution in [0.15, 0.2) is 18.2 Å². The molecule has 0 heterocycles. The number of likely N-dealkylation sites (N-methyl/N-ethyl adjacent to an activating group) is 1. The number of amides is 1. The number of esters is 1. The van der Waals surface area contributed by atoms with E-state index in [0.717, 1.165) is 18.2 Å². The molecule has 1 rings (SSSR count). The van der Waals surface area contributed by atoms with Gasteiger partial charge >= 0.3 is 5.97 Å². The lowest BCUT2D eigenvalue weighted by molar-refractivity contribution is -0.140. The highest BCUT2D eigenvalue weighted by atomic mass is 19.1. The molecule has 0 aliphatic rings. The van der Waals surface area contributed by atoms with Crippen LogP contribution in [0.1, 0.15) is 12.8 Å². The van der Waals surface area contributed by atoms with Gasteiger partial charge in [-0.3, -0.25) is 14.5 Å². The molecule has 0 spiro atoms. The fraction of sp³-hybridized carbons (Fsp3) is 0.429. The highest BCUT2D eigenvalue weighted by Crippen LogP contribution is 2.12. The third kappa shape index (κ3) is 6.80. The van der Waals surface area contributed by atoms with E-state index in [4.69, 9.17) is 0 Å². The minimum absolute atomic E-state index is 0.0549. The fourth-order valence-electron chi connectivity index (χ4n) is 1.75. The average molecular weight is 300 g/mol. The number of methoxy groups -OCH3 is 1. The SMILES string of the molecule is COC(=O)CCCN(C)CC(=O)Nc1cc(F)cc(F)c1. The van der Waals surface area contributed by atoms with Crippen molar-refractivity contribution in [2.24, 2.45) is 0 Å². The van der Waals surface area contributed by atoms with Gasteiger partial charge in [0.25, 0.3) is 0 Å². The van der Waals surface area contributed by atoms with Crippen LogP contribution in [0, 0.1) is 11.6 Å². The van der Waals surface area contributed by atoms with Crippen molar-refractivity contribution in [3.8, 4) is 0 Å². The van der Waals surface area contributed by atoms with Crippen LogP contribution < -0.4 is 5.32 Å². The first-order valence-corrected chi connectivity index (χ1v) is 6.42. The second-order valence-electron chi connectivity index (χ2n) is 4.62. The molecule has 116 valence electrons. The molecule has 0 fully saturated rings. The van der Waals surface area contributed by atoms with Gasteiger partial charge in [-0.2, -0.15) is 0 Å². The Morgan fingerprint density at radius 3 is 2.43 bits per heavy atom. The number of carbonyl (C=O) groups is 2. The number of ether oxygens (including phenoxy) is 1. The highest BCUT2D eigenvalue weighted by molar-refractivity contribution is 5.92. The first kappa shape index (κ1) is 17.0. The predicted molar refractivity (Wildman–Crippen MR) is 73.7 cm³/mol. The van der Waals surface area contributed by atoms with Crippen molar-refractivity contribution < 1.29 is 23.1 Å². The molecule has 1 aromatic carbocycles. The van der Waals surface area contributed by atoms with Crippen LogP contribution >= 0.6 is 0 Å². The van der Waals surface area contributed by atoms with Crippen LogP contribution in [0.2, 0.25) is 0 Å². The van der Waals surface area contributed by atoms with Gasteiger partial charge in [0, 0.05) is 18.2 Å². The van der Waals surface area contributed by atoms with E-state index >= 15 is 0 Å². The molecule has 7 heteroatoms. The van der Waals surface area contributed by atoms with Crippen molar-refractivity contribution >= 4 is 17.6 Å². The normalized spacial score (nSPS) is 10.5. The monoisotopic (exact) mass is 300 g/mol. The molecule has 0 aliphatic carbocycles. The standard InChI is InChI=1S/C14H18F2N2O3/c1-18(5-3-4-14(20)21-2)9-13(19)17-12-7-10(15)6-11(16)8-12/h6-8H,3-5,9H2,1-2H3,(H,17,19). The number of hydrogen-bond acceptors (Lipinski definition) is 4. The number of carbonyl (C=O) groups excluding carboxylic acids is 2. The minimum Gasteiger partial charge on any atom is -0.469 e. The summed E-state index contributed by atoms with van der Waals surface area (Å²) in [5, 5.41) is 2.41. The summed E-state index contributed by atoms with van der Waals surface area (Å²) in [6.45, 7) is 0.583. The van der Waals surface area contributed by atoms with Gasteiger partial charge in [-0.05, 0) is 32.1 Å². The van der Waals surface area contributed by atoms with Crippen molar-refractivity contribution in [1.29, 1.82) is 0 Å². The van der Waals surface area contributed by atoms with Gasteiger partial charge in [0.15, 0.2) is 0 Å². The summed E-state index contributed by atoms with van der Waals surface area (Å²) in [7, 11) is 3.03. The summed E-state index contributed by atoms with van der Waals surface area (Å²) < 4.78 is 30.4. The fourth-order valence-corrected chi connectivity index (χ4v) is 1.75. The molecule has 0 bridgehead atoms. The van der Waals surface area contributed by atoms with E-state index in [-0.39, 0.29) is 30.5 Å². The predicted octanol–water partition coefficient (Wildman–Crippen LogP) is 1.79. The lowest BCUT2D eigenvalue weighted by Crippen LogP contribution is -2.31. The van der Waals surface area contributed by atoms with Crippen molar-refractivity contribution in [2.45, 2.75) is 12.8 Å². The number of rotatable bonds is 7. The smallest absolute Gasteiger partial charge is 0.305 e. The van der Waals surface area contributed by atoms with E-state index in [1.54, 1.807) is 11.9 Å². The molecule has 0 saturated heterocycles. The number of benzene rings is 1. The first-order chi connectivity index (χ1) is 9.90. The van der Waals surface area contributed by atoms with Crippen molar-refractivity contribution in [2.75, 3.05) is 32.6 Å². The number of nitrogens with zero attached hydrogens (tertiary/aromatic N) is 1. The van der Waals surface area contributed by atoms with Crippen molar-refractivity contribution in [3.05, 3.63) is 29.8 Å². The molecule has 1 aromatic rings. The van der Waals surface area contributed by atoms with Gasteiger partial charge in [-0.15, -0.1) is 0 Å². The van der Waals surface area contributed by atoms with Gasteiger partial charge in [0.2, 0.25) is 5.91 Å². The van der Waals surface area contributed by atoms with Gasteiger partial charge in [-0.1, -0.05) is 0 Å². The maximum atomic E-state index is 13.0. The summed E-state index contributed by atoms with van der Waals surface area (Å²) in [6.07, 6.45) is 0.836. The maximum Gasteiger partial charge on any atom is 0.305 e. The first-order valence-electron chi connectivity index (χ1n) is 6.42. The molecule has 21 heavy (non-hydrogen) atoms. The number of hydrogen-bond donors (Lipinski definition) is 1. The van der Waals surface area contributed by atoms with Crippen molar-refractivity contribution in [3.63, 3.8) is 0 Å². The Morgan fingerprint density at radius 2 is 1.86 bits per heavy atom.